The molecule has 4 nitrogen and oxygen atoms in total. The zero-order valence-electron chi connectivity index (χ0n) is 33.4. The molecule has 2 aliphatic rings. The molecule has 0 aliphatic heterocycles. The zero-order valence-corrected chi connectivity index (χ0v) is 33.4. The first-order chi connectivity index (χ1) is 28.6. The molecular formula is C54H41BO4. The number of benzene rings is 8. The Morgan fingerprint density at radius 3 is 1.49 bits per heavy atom. The minimum absolute atomic E-state index is 0.0125. The van der Waals surface area contributed by atoms with Gasteiger partial charge in [0.05, 0.1) is 0 Å². The molecular weight excluding hydrogens is 723 g/mol. The molecule has 0 atom stereocenters. The summed E-state index contributed by atoms with van der Waals surface area (Å²) in [5.41, 5.74) is 17.5. The van der Waals surface area contributed by atoms with Crippen molar-refractivity contribution in [1.29, 1.82) is 0 Å². The van der Waals surface area contributed by atoms with Crippen molar-refractivity contribution in [3.8, 4) is 44.5 Å². The lowest BCUT2D eigenvalue weighted by atomic mass is 9.68. The maximum Gasteiger partial charge on any atom is 0.492 e. The van der Waals surface area contributed by atoms with Gasteiger partial charge in [0.15, 0.2) is 0 Å². The van der Waals surface area contributed by atoms with E-state index in [0.717, 1.165) is 60.9 Å². The number of hydrogen-bond donors (Lipinski definition) is 2. The smallest absolute Gasteiger partial charge is 0.456 e. The van der Waals surface area contributed by atoms with E-state index in [4.69, 9.17) is 8.83 Å². The lowest BCUT2D eigenvalue weighted by Crippen LogP contribution is -2.37. The summed E-state index contributed by atoms with van der Waals surface area (Å²) in [6.45, 7) is 8.88. The van der Waals surface area contributed by atoms with Crippen LogP contribution in [-0.2, 0) is 10.8 Å². The van der Waals surface area contributed by atoms with Crippen molar-refractivity contribution in [3.05, 3.63) is 186 Å². The molecule has 0 unspecified atom stereocenters. The van der Waals surface area contributed by atoms with Crippen LogP contribution in [0.2, 0.25) is 0 Å². The van der Waals surface area contributed by atoms with E-state index in [2.05, 4.69) is 137 Å². The van der Waals surface area contributed by atoms with Crippen molar-refractivity contribution in [2.24, 2.45) is 0 Å². The summed E-state index contributed by atoms with van der Waals surface area (Å²) < 4.78 is 12.9. The second-order valence-corrected chi connectivity index (χ2v) is 17.0. The van der Waals surface area contributed by atoms with Crippen LogP contribution in [0, 0.1) is 0 Å². The van der Waals surface area contributed by atoms with Crippen molar-refractivity contribution in [1.82, 2.24) is 0 Å². The monoisotopic (exact) mass is 764 g/mol. The van der Waals surface area contributed by atoms with Crippen LogP contribution >= 0.6 is 0 Å². The Morgan fingerprint density at radius 1 is 0.390 bits per heavy atom. The zero-order chi connectivity index (χ0) is 40.2. The molecule has 0 fully saturated rings. The summed E-state index contributed by atoms with van der Waals surface area (Å²) in [7, 11) is -1.63. The fourth-order valence-corrected chi connectivity index (χ4v) is 10.2. The van der Waals surface area contributed by atoms with Gasteiger partial charge in [-0.3, -0.25) is 0 Å². The number of rotatable bonds is 3. The number of furan rings is 2. The summed E-state index contributed by atoms with van der Waals surface area (Å²) in [6, 6.07) is 57.0. The maximum atomic E-state index is 10.5. The summed E-state index contributed by atoms with van der Waals surface area (Å²) in [6.07, 6.45) is 0. The molecule has 10 aromatic rings. The fourth-order valence-electron chi connectivity index (χ4n) is 10.2. The molecule has 0 radical (unpaired) electrons. The summed E-state index contributed by atoms with van der Waals surface area (Å²) >= 11 is 0. The molecule has 5 heteroatoms. The largest absolute Gasteiger partial charge is 0.492 e. The van der Waals surface area contributed by atoms with Crippen LogP contribution in [-0.4, -0.2) is 17.2 Å². The maximum absolute atomic E-state index is 10.5. The van der Waals surface area contributed by atoms with E-state index in [1.165, 1.54) is 44.2 Å². The highest BCUT2D eigenvalue weighted by atomic mass is 16.4. The van der Waals surface area contributed by atoms with Gasteiger partial charge in [0, 0.05) is 49.0 Å². The second kappa shape index (κ2) is 12.9. The molecule has 2 aliphatic carbocycles. The Labute approximate surface area is 343 Å². The molecule has 59 heavy (non-hydrogen) atoms. The van der Waals surface area contributed by atoms with E-state index in [1.54, 1.807) is 0 Å². The van der Waals surface area contributed by atoms with Crippen molar-refractivity contribution in [2.75, 3.05) is 0 Å². The molecule has 2 N–H and O–H groups in total. The van der Waals surface area contributed by atoms with E-state index in [1.807, 2.05) is 54.6 Å². The number of fused-ring (bicyclic) bond motifs is 12. The summed E-state index contributed by atoms with van der Waals surface area (Å²) in [5, 5.41) is 25.3. The van der Waals surface area contributed by atoms with Gasteiger partial charge in [-0.2, -0.15) is 0 Å². The lowest BCUT2D eigenvalue weighted by molar-refractivity contribution is 0.424. The van der Waals surface area contributed by atoms with E-state index >= 15 is 0 Å². The third-order valence-electron chi connectivity index (χ3n) is 13.0. The van der Waals surface area contributed by atoms with Gasteiger partial charge in [-0.1, -0.05) is 173 Å². The van der Waals surface area contributed by atoms with Gasteiger partial charge in [-0.15, -0.1) is 0 Å². The van der Waals surface area contributed by atoms with E-state index in [9.17, 15) is 10.0 Å². The van der Waals surface area contributed by atoms with Crippen molar-refractivity contribution in [2.45, 2.75) is 38.5 Å². The molecule has 2 heterocycles. The fraction of sp³-hybridized carbons (Fsp3) is 0.111. The Hall–Kier alpha value is -6.66. The topological polar surface area (TPSA) is 66.7 Å². The van der Waals surface area contributed by atoms with E-state index < -0.39 is 7.12 Å². The van der Waals surface area contributed by atoms with Crippen LogP contribution in [0.25, 0.3) is 88.4 Å². The predicted octanol–water partition coefficient (Wildman–Crippen LogP) is 12.8. The minimum atomic E-state index is -1.63. The second-order valence-electron chi connectivity index (χ2n) is 17.0. The van der Waals surface area contributed by atoms with Crippen molar-refractivity contribution in [3.63, 3.8) is 0 Å². The van der Waals surface area contributed by atoms with Crippen LogP contribution < -0.4 is 5.46 Å². The average Bonchev–Trinajstić information content (AvgIpc) is 3.95. The van der Waals surface area contributed by atoms with Gasteiger partial charge in [0.2, 0.25) is 0 Å². The summed E-state index contributed by atoms with van der Waals surface area (Å²) in [5.74, 6) is 0. The first-order valence-electron chi connectivity index (χ1n) is 20.3. The highest BCUT2D eigenvalue weighted by Crippen LogP contribution is 2.52. The number of para-hydroxylation sites is 2. The lowest BCUT2D eigenvalue weighted by Gasteiger charge is -2.24. The van der Waals surface area contributed by atoms with Gasteiger partial charge in [0.1, 0.15) is 22.3 Å². The average molecular weight is 765 g/mol. The van der Waals surface area contributed by atoms with Crippen LogP contribution in [0.5, 0.6) is 0 Å². The highest BCUT2D eigenvalue weighted by Gasteiger charge is 2.42. The third kappa shape index (κ3) is 5.18. The third-order valence-corrected chi connectivity index (χ3v) is 13.0. The normalized spacial score (nSPS) is 14.2. The van der Waals surface area contributed by atoms with E-state index in [0.29, 0.717) is 11.0 Å². The first-order valence-corrected chi connectivity index (χ1v) is 20.3. The minimum Gasteiger partial charge on any atom is -0.456 e. The van der Waals surface area contributed by atoms with E-state index in [-0.39, 0.29) is 10.8 Å². The molecule has 2 aromatic heterocycles. The summed E-state index contributed by atoms with van der Waals surface area (Å²) in [4.78, 5) is 0. The molecule has 0 saturated heterocycles. The van der Waals surface area contributed by atoms with Crippen molar-refractivity contribution >= 4 is 56.5 Å². The highest BCUT2D eigenvalue weighted by molar-refractivity contribution is 6.63. The van der Waals surface area contributed by atoms with Gasteiger partial charge < -0.3 is 18.9 Å². The Balaban J connectivity index is 0.000000135. The van der Waals surface area contributed by atoms with Crippen LogP contribution in [0.4, 0.5) is 0 Å². The Bertz CT molecular complexity index is 3300. The van der Waals surface area contributed by atoms with Crippen LogP contribution in [0.3, 0.4) is 0 Å². The molecule has 0 spiro atoms. The quantitative estimate of drug-likeness (QED) is 0.176. The predicted molar refractivity (Wildman–Crippen MR) is 243 cm³/mol. The van der Waals surface area contributed by atoms with Crippen molar-refractivity contribution < 1.29 is 18.9 Å². The standard InChI is InChI=1S/C27H21BO3.C27H20O/c1-27(2)22-14-7-6-11-18(22)20-15-21-19-13-8-12-17(16-9-4-3-5-10-16)25(19)31-26(21)24(23(20)27)28(29)30;1-27(2)23-14-7-6-11-19(23)21-15-22-20-13-8-12-18(17-9-4-3-5-10-17)26(20)28-25(22)16-24(21)27/h3-15,29-30H,1-2H3;3-16H,1-2H3. The number of hydrogen-bond acceptors (Lipinski definition) is 4. The van der Waals surface area contributed by atoms with Gasteiger partial charge in [0.25, 0.3) is 0 Å². The first kappa shape index (κ1) is 35.5. The molecule has 12 rings (SSSR count). The molecule has 0 saturated carbocycles. The molecule has 8 aromatic carbocycles. The Kier molecular flexibility index (Phi) is 7.78. The molecule has 284 valence electrons. The van der Waals surface area contributed by atoms with Crippen LogP contribution in [0.1, 0.15) is 49.9 Å². The SMILES string of the molecule is CC1(C)c2ccccc2-c2cc3c(cc21)oc1c(-c2ccccc2)cccc13.CC1(C)c2ccccc2-c2cc3c(oc4c(-c5ccccc5)cccc43)c(B(O)O)c21. The molecule has 0 amide bonds. The van der Waals surface area contributed by atoms with Gasteiger partial charge >= 0.3 is 7.12 Å². The van der Waals surface area contributed by atoms with Gasteiger partial charge in [-0.25, -0.2) is 0 Å². The molecule has 0 bridgehead atoms. The van der Waals surface area contributed by atoms with Gasteiger partial charge in [-0.05, 0) is 73.8 Å². The van der Waals surface area contributed by atoms with Crippen LogP contribution in [0.15, 0.2) is 173 Å². The Morgan fingerprint density at radius 2 is 0.881 bits per heavy atom.